The van der Waals surface area contributed by atoms with Gasteiger partial charge in [-0.15, -0.1) is 0 Å². The van der Waals surface area contributed by atoms with Gasteiger partial charge >= 0.3 is 5.97 Å². The van der Waals surface area contributed by atoms with E-state index in [1.807, 2.05) is 0 Å². The molecule has 1 aromatic rings. The van der Waals surface area contributed by atoms with Crippen LogP contribution in [-0.4, -0.2) is 22.9 Å². The molecule has 6 heteroatoms. The number of carboxylic acids is 1. The van der Waals surface area contributed by atoms with Crippen molar-refractivity contribution >= 4 is 17.8 Å². The van der Waals surface area contributed by atoms with Gasteiger partial charge < -0.3 is 5.11 Å². The number of carbonyl (C=O) groups is 3. The van der Waals surface area contributed by atoms with Crippen LogP contribution in [0.1, 0.15) is 36.5 Å². The zero-order valence-electron chi connectivity index (χ0n) is 11.3. The Balaban J connectivity index is 2.33. The number of nitrogens with one attached hydrogen (secondary N) is 2. The van der Waals surface area contributed by atoms with Crippen LogP contribution in [-0.2, 0) is 9.59 Å². The smallest absolute Gasteiger partial charge is 0.306 e. The van der Waals surface area contributed by atoms with Crippen LogP contribution in [0.15, 0.2) is 30.3 Å². The summed E-state index contributed by atoms with van der Waals surface area (Å²) in [5.41, 5.74) is 4.99. The monoisotopic (exact) mass is 278 g/mol. The third-order valence-electron chi connectivity index (χ3n) is 2.91. The average Bonchev–Trinajstić information content (AvgIpc) is 2.46. The van der Waals surface area contributed by atoms with Gasteiger partial charge in [-0.1, -0.05) is 25.1 Å². The second kappa shape index (κ2) is 7.93. The molecule has 1 atom stereocenters. The van der Waals surface area contributed by atoms with E-state index in [0.717, 1.165) is 0 Å². The van der Waals surface area contributed by atoms with Crippen molar-refractivity contribution in [2.75, 3.05) is 0 Å². The highest BCUT2D eigenvalue weighted by molar-refractivity contribution is 5.95. The molecule has 6 nitrogen and oxygen atoms in total. The van der Waals surface area contributed by atoms with Crippen LogP contribution in [0.5, 0.6) is 0 Å². The summed E-state index contributed by atoms with van der Waals surface area (Å²) in [5, 5.41) is 8.85. The minimum Gasteiger partial charge on any atom is -0.481 e. The summed E-state index contributed by atoms with van der Waals surface area (Å²) < 4.78 is 0. The molecule has 0 aliphatic heterocycles. The van der Waals surface area contributed by atoms with Gasteiger partial charge in [0.15, 0.2) is 0 Å². The zero-order chi connectivity index (χ0) is 15.0. The van der Waals surface area contributed by atoms with Crippen molar-refractivity contribution in [2.24, 2.45) is 5.92 Å². The number of carbonyl (C=O) groups excluding carboxylic acids is 2. The van der Waals surface area contributed by atoms with Crippen molar-refractivity contribution < 1.29 is 19.5 Å². The topological polar surface area (TPSA) is 95.5 Å². The van der Waals surface area contributed by atoms with E-state index in [-0.39, 0.29) is 12.8 Å². The standard InChI is InChI=1S/C14H18N2O4/c1-2-10(14(19)20)8-9-12(17)15-16-13(18)11-6-4-3-5-7-11/h3-7,10H,2,8-9H2,1H3,(H,15,17)(H,16,18)(H,19,20)/t10-/m0/s1. The normalized spacial score (nSPS) is 11.4. The maximum Gasteiger partial charge on any atom is 0.306 e. The largest absolute Gasteiger partial charge is 0.481 e. The second-order valence-electron chi connectivity index (χ2n) is 4.35. The zero-order valence-corrected chi connectivity index (χ0v) is 11.3. The molecule has 0 unspecified atom stereocenters. The van der Waals surface area contributed by atoms with E-state index < -0.39 is 23.7 Å². The molecule has 0 aromatic heterocycles. The third kappa shape index (κ3) is 5.09. The second-order valence-corrected chi connectivity index (χ2v) is 4.35. The van der Waals surface area contributed by atoms with Gasteiger partial charge in [-0.05, 0) is 25.0 Å². The Hall–Kier alpha value is -2.37. The highest BCUT2D eigenvalue weighted by Crippen LogP contribution is 2.10. The molecule has 0 spiro atoms. The van der Waals surface area contributed by atoms with Gasteiger partial charge in [-0.25, -0.2) is 0 Å². The number of benzene rings is 1. The number of hydrogen-bond donors (Lipinski definition) is 3. The van der Waals surface area contributed by atoms with Crippen LogP contribution < -0.4 is 10.9 Å². The number of carboxylic acid groups (broad SMARTS) is 1. The molecular formula is C14H18N2O4. The van der Waals surface area contributed by atoms with Crippen LogP contribution in [0, 0.1) is 5.92 Å². The number of amides is 2. The molecule has 108 valence electrons. The van der Waals surface area contributed by atoms with E-state index in [9.17, 15) is 14.4 Å². The highest BCUT2D eigenvalue weighted by Gasteiger charge is 2.16. The fourth-order valence-electron chi connectivity index (χ4n) is 1.66. The SMILES string of the molecule is CC[C@@H](CCC(=O)NNC(=O)c1ccccc1)C(=O)O. The first-order valence-corrected chi connectivity index (χ1v) is 6.41. The molecule has 0 fully saturated rings. The molecule has 1 aromatic carbocycles. The summed E-state index contributed by atoms with van der Waals surface area (Å²) >= 11 is 0. The fraction of sp³-hybridized carbons (Fsp3) is 0.357. The van der Waals surface area contributed by atoms with Crippen molar-refractivity contribution in [1.29, 1.82) is 0 Å². The lowest BCUT2D eigenvalue weighted by atomic mass is 10.0. The lowest BCUT2D eigenvalue weighted by Crippen LogP contribution is -2.41. The van der Waals surface area contributed by atoms with E-state index in [1.165, 1.54) is 0 Å². The van der Waals surface area contributed by atoms with E-state index in [0.29, 0.717) is 12.0 Å². The van der Waals surface area contributed by atoms with Crippen LogP contribution in [0.25, 0.3) is 0 Å². The number of rotatable bonds is 6. The lowest BCUT2D eigenvalue weighted by Gasteiger charge is -2.10. The van der Waals surface area contributed by atoms with Gasteiger partial charge in [0.05, 0.1) is 5.92 Å². The van der Waals surface area contributed by atoms with Gasteiger partial charge in [0, 0.05) is 12.0 Å². The molecule has 0 heterocycles. The van der Waals surface area contributed by atoms with Crippen molar-refractivity contribution in [3.05, 3.63) is 35.9 Å². The minimum absolute atomic E-state index is 0.0554. The fourth-order valence-corrected chi connectivity index (χ4v) is 1.66. The molecule has 0 saturated carbocycles. The molecule has 3 N–H and O–H groups in total. The Morgan fingerprint density at radius 1 is 1.15 bits per heavy atom. The Labute approximate surface area is 117 Å². The van der Waals surface area contributed by atoms with Crippen molar-refractivity contribution in [1.82, 2.24) is 10.9 Å². The molecular weight excluding hydrogens is 260 g/mol. The summed E-state index contributed by atoms with van der Waals surface area (Å²) in [4.78, 5) is 33.9. The van der Waals surface area contributed by atoms with E-state index in [2.05, 4.69) is 10.9 Å². The van der Waals surface area contributed by atoms with E-state index >= 15 is 0 Å². The summed E-state index contributed by atoms with van der Waals surface area (Å²) in [6.45, 7) is 1.76. The molecule has 0 radical (unpaired) electrons. The van der Waals surface area contributed by atoms with Crippen LogP contribution in [0.3, 0.4) is 0 Å². The predicted molar refractivity (Wildman–Crippen MR) is 72.7 cm³/mol. The first kappa shape index (κ1) is 15.7. The van der Waals surface area contributed by atoms with Gasteiger partial charge in [-0.2, -0.15) is 0 Å². The molecule has 0 aliphatic carbocycles. The Kier molecular flexibility index (Phi) is 6.22. The van der Waals surface area contributed by atoms with Crippen LogP contribution in [0.2, 0.25) is 0 Å². The number of hydrazine groups is 1. The maximum atomic E-state index is 11.6. The molecule has 1 rings (SSSR count). The summed E-state index contributed by atoms with van der Waals surface area (Å²) in [6.07, 6.45) is 0.776. The first-order chi connectivity index (χ1) is 9.54. The minimum atomic E-state index is -0.909. The maximum absolute atomic E-state index is 11.6. The van der Waals surface area contributed by atoms with Crippen molar-refractivity contribution in [3.8, 4) is 0 Å². The van der Waals surface area contributed by atoms with Crippen LogP contribution >= 0.6 is 0 Å². The van der Waals surface area contributed by atoms with Crippen molar-refractivity contribution in [3.63, 3.8) is 0 Å². The highest BCUT2D eigenvalue weighted by atomic mass is 16.4. The molecule has 0 aliphatic rings. The van der Waals surface area contributed by atoms with Gasteiger partial charge in [0.1, 0.15) is 0 Å². The summed E-state index contributed by atoms with van der Waals surface area (Å²) in [7, 11) is 0. The summed E-state index contributed by atoms with van der Waals surface area (Å²) in [5.74, 6) is -2.27. The predicted octanol–water partition coefficient (Wildman–Crippen LogP) is 1.34. The Morgan fingerprint density at radius 2 is 1.80 bits per heavy atom. The van der Waals surface area contributed by atoms with Gasteiger partial charge in [-0.3, -0.25) is 25.2 Å². The van der Waals surface area contributed by atoms with E-state index in [4.69, 9.17) is 5.11 Å². The third-order valence-corrected chi connectivity index (χ3v) is 2.91. The van der Waals surface area contributed by atoms with Gasteiger partial charge in [0.2, 0.25) is 5.91 Å². The molecule has 0 saturated heterocycles. The van der Waals surface area contributed by atoms with Gasteiger partial charge in [0.25, 0.3) is 5.91 Å². The number of aliphatic carboxylic acids is 1. The summed E-state index contributed by atoms with van der Waals surface area (Å²) in [6, 6.07) is 8.47. The lowest BCUT2D eigenvalue weighted by molar-refractivity contribution is -0.142. The molecule has 0 bridgehead atoms. The van der Waals surface area contributed by atoms with E-state index in [1.54, 1.807) is 37.3 Å². The first-order valence-electron chi connectivity index (χ1n) is 6.41. The van der Waals surface area contributed by atoms with Crippen LogP contribution in [0.4, 0.5) is 0 Å². The molecule has 2 amide bonds. The quantitative estimate of drug-likeness (QED) is 0.684. The van der Waals surface area contributed by atoms with Crippen molar-refractivity contribution in [2.45, 2.75) is 26.2 Å². The Morgan fingerprint density at radius 3 is 2.35 bits per heavy atom. The Bertz CT molecular complexity index is 473. The number of hydrogen-bond acceptors (Lipinski definition) is 3. The molecule has 20 heavy (non-hydrogen) atoms. The average molecular weight is 278 g/mol.